The zero-order chi connectivity index (χ0) is 25.6. The number of aromatic nitrogens is 1. The van der Waals surface area contributed by atoms with E-state index < -0.39 is 0 Å². The maximum Gasteiger partial charge on any atom is 0.110 e. The summed E-state index contributed by atoms with van der Waals surface area (Å²) in [7, 11) is 2.29. The van der Waals surface area contributed by atoms with Crippen LogP contribution in [0.15, 0.2) is 84.9 Å². The second kappa shape index (κ2) is 10.0. The second-order valence-corrected chi connectivity index (χ2v) is 11.6. The van der Waals surface area contributed by atoms with Crippen LogP contribution in [0.3, 0.4) is 0 Å². The number of likely N-dealkylation sites (N-methyl/N-ethyl adjacent to an activating group) is 1. The van der Waals surface area contributed by atoms with Crippen LogP contribution in [0.1, 0.15) is 28.3 Å². The van der Waals surface area contributed by atoms with Gasteiger partial charge in [0.25, 0.3) is 0 Å². The molecule has 1 aromatic heterocycles. The number of piperazine rings is 1. The highest BCUT2D eigenvalue weighted by molar-refractivity contribution is 6.32. The van der Waals surface area contributed by atoms with Crippen LogP contribution >= 0.6 is 11.6 Å². The lowest BCUT2D eigenvalue weighted by molar-refractivity contribution is 0.0949. The summed E-state index contributed by atoms with van der Waals surface area (Å²) in [5.74, 6) is 0.531. The molecule has 0 amide bonds. The Hall–Kier alpha value is -2.89. The van der Waals surface area contributed by atoms with Crippen molar-refractivity contribution in [2.24, 2.45) is 5.92 Å². The first-order chi connectivity index (χ1) is 18.7. The summed E-state index contributed by atoms with van der Waals surface area (Å²) >= 11 is 6.62. The summed E-state index contributed by atoms with van der Waals surface area (Å²) in [6.07, 6.45) is 3.58. The van der Waals surface area contributed by atoms with Gasteiger partial charge in [-0.15, -0.1) is 0 Å². The molecule has 0 bridgehead atoms. The average molecular weight is 523 g/mol. The van der Waals surface area contributed by atoms with Crippen molar-refractivity contribution in [3.05, 3.63) is 112 Å². The van der Waals surface area contributed by atoms with Crippen molar-refractivity contribution in [1.82, 2.24) is 19.7 Å². The molecular formula is C33H35ClN4. The molecule has 1 saturated heterocycles. The number of rotatable bonds is 5. The van der Waals surface area contributed by atoms with Crippen molar-refractivity contribution in [3.8, 4) is 0 Å². The van der Waals surface area contributed by atoms with Crippen LogP contribution in [0.2, 0.25) is 5.15 Å². The van der Waals surface area contributed by atoms with Gasteiger partial charge in [0.2, 0.25) is 0 Å². The molecule has 2 atom stereocenters. The van der Waals surface area contributed by atoms with Crippen LogP contribution in [0.4, 0.5) is 0 Å². The molecule has 3 aromatic carbocycles. The van der Waals surface area contributed by atoms with E-state index in [4.69, 9.17) is 11.6 Å². The minimum Gasteiger partial charge on any atom is -0.345 e. The fraction of sp³-hybridized carbons (Fsp3) is 0.333. The van der Waals surface area contributed by atoms with E-state index in [9.17, 15) is 0 Å². The Morgan fingerprint density at radius 3 is 2.24 bits per heavy atom. The molecule has 0 radical (unpaired) electrons. The first-order valence-electron chi connectivity index (χ1n) is 13.9. The number of hydrogen-bond acceptors (Lipinski definition) is 3. The van der Waals surface area contributed by atoms with E-state index in [2.05, 4.69) is 112 Å². The first kappa shape index (κ1) is 24.2. The number of nitrogens with zero attached hydrogens (tertiary/aromatic N) is 3. The fourth-order valence-corrected chi connectivity index (χ4v) is 7.40. The van der Waals surface area contributed by atoms with Gasteiger partial charge in [0.05, 0.1) is 6.04 Å². The molecule has 0 unspecified atom stereocenters. The minimum atomic E-state index is 0.313. The van der Waals surface area contributed by atoms with Crippen molar-refractivity contribution in [3.63, 3.8) is 0 Å². The number of halogens is 1. The van der Waals surface area contributed by atoms with Gasteiger partial charge in [-0.2, -0.15) is 0 Å². The fourth-order valence-electron chi connectivity index (χ4n) is 7.13. The van der Waals surface area contributed by atoms with E-state index in [1.807, 2.05) is 0 Å². The van der Waals surface area contributed by atoms with E-state index in [0.29, 0.717) is 18.0 Å². The molecule has 3 aliphatic rings. The highest BCUT2D eigenvalue weighted by Crippen LogP contribution is 2.43. The van der Waals surface area contributed by atoms with Crippen LogP contribution in [-0.2, 0) is 6.42 Å². The maximum absolute atomic E-state index is 6.62. The lowest BCUT2D eigenvalue weighted by Crippen LogP contribution is -2.51. The monoisotopic (exact) mass is 522 g/mol. The molecule has 38 heavy (non-hydrogen) atoms. The van der Waals surface area contributed by atoms with Crippen molar-refractivity contribution < 1.29 is 0 Å². The van der Waals surface area contributed by atoms with Crippen LogP contribution in [-0.4, -0.2) is 72.0 Å². The molecule has 0 spiro atoms. The summed E-state index contributed by atoms with van der Waals surface area (Å²) in [6, 6.07) is 29.3. The third-order valence-corrected chi connectivity index (χ3v) is 9.23. The zero-order valence-corrected chi connectivity index (χ0v) is 22.7. The zero-order valence-electron chi connectivity index (χ0n) is 22.0. The molecule has 1 N–H and O–H groups in total. The van der Waals surface area contributed by atoms with Crippen molar-refractivity contribution in [1.29, 1.82) is 0 Å². The number of hydrogen-bond donors (Lipinski definition) is 1. The lowest BCUT2D eigenvalue weighted by Gasteiger charge is -2.43. The SMILES string of the molecule is CN1C[C@H](CN2CCN(C(c3ccccc3)c3ccccc3)CC2)C=C2c3cccc4[nH]c(Cl)c(c34)C[C@H]21. The highest BCUT2D eigenvalue weighted by atomic mass is 35.5. The maximum atomic E-state index is 6.62. The molecular weight excluding hydrogens is 488 g/mol. The number of H-pyrrole nitrogens is 1. The van der Waals surface area contributed by atoms with Crippen LogP contribution < -0.4 is 0 Å². The lowest BCUT2D eigenvalue weighted by atomic mass is 9.80. The Kier molecular flexibility index (Phi) is 6.37. The number of benzene rings is 3. The van der Waals surface area contributed by atoms with Gasteiger partial charge in [0.1, 0.15) is 5.15 Å². The Morgan fingerprint density at radius 1 is 0.868 bits per heavy atom. The summed E-state index contributed by atoms with van der Waals surface area (Å²) in [5, 5.41) is 2.14. The molecule has 1 aliphatic carbocycles. The normalized spacial score (nSPS) is 22.6. The van der Waals surface area contributed by atoms with Gasteiger partial charge < -0.3 is 9.88 Å². The van der Waals surface area contributed by atoms with Crippen molar-refractivity contribution >= 4 is 28.1 Å². The van der Waals surface area contributed by atoms with Crippen LogP contribution in [0.25, 0.3) is 16.5 Å². The molecule has 1 fully saturated rings. The van der Waals surface area contributed by atoms with Gasteiger partial charge >= 0.3 is 0 Å². The van der Waals surface area contributed by atoms with Crippen LogP contribution in [0, 0.1) is 5.92 Å². The average Bonchev–Trinajstić information content (AvgIpc) is 3.27. The number of aromatic amines is 1. The highest BCUT2D eigenvalue weighted by Gasteiger charge is 2.36. The number of fused-ring (bicyclic) bond motifs is 2. The van der Waals surface area contributed by atoms with Gasteiger partial charge in [-0.3, -0.25) is 9.80 Å². The summed E-state index contributed by atoms with van der Waals surface area (Å²) < 4.78 is 0. The van der Waals surface area contributed by atoms with E-state index in [-0.39, 0.29) is 0 Å². The quantitative estimate of drug-likeness (QED) is 0.343. The van der Waals surface area contributed by atoms with E-state index in [0.717, 1.165) is 56.4 Å². The van der Waals surface area contributed by atoms with Crippen LogP contribution in [0.5, 0.6) is 0 Å². The summed E-state index contributed by atoms with van der Waals surface area (Å²) in [6.45, 7) is 6.60. The predicted molar refractivity (Wildman–Crippen MR) is 158 cm³/mol. The molecule has 0 saturated carbocycles. The Balaban J connectivity index is 1.09. The Morgan fingerprint density at radius 2 is 1.55 bits per heavy atom. The molecule has 2 aliphatic heterocycles. The van der Waals surface area contributed by atoms with Gasteiger partial charge in [0.15, 0.2) is 0 Å². The van der Waals surface area contributed by atoms with E-state index in [1.165, 1.54) is 33.2 Å². The first-order valence-corrected chi connectivity index (χ1v) is 14.3. The molecule has 4 aromatic rings. The third kappa shape index (κ3) is 4.30. The molecule has 4 nitrogen and oxygen atoms in total. The standard InChI is InChI=1S/C33H35ClN4/c1-36-21-23(19-27-26-13-8-14-29-31(26)28(20-30(27)36)33(34)35-29)22-37-15-17-38(18-16-37)32(24-9-4-2-5-10-24)25-11-6-3-7-12-25/h2-14,19,23,30,32,35H,15-18,20-22H2,1H3/t23-,30-/m1/s1. The third-order valence-electron chi connectivity index (χ3n) is 8.91. The molecule has 194 valence electrons. The van der Waals surface area contributed by atoms with Gasteiger partial charge in [-0.1, -0.05) is 90.5 Å². The van der Waals surface area contributed by atoms with Gasteiger partial charge in [-0.05, 0) is 47.4 Å². The predicted octanol–water partition coefficient (Wildman–Crippen LogP) is 6.10. The van der Waals surface area contributed by atoms with Crippen molar-refractivity contribution in [2.75, 3.05) is 46.3 Å². The van der Waals surface area contributed by atoms with Gasteiger partial charge in [0, 0.05) is 62.1 Å². The van der Waals surface area contributed by atoms with E-state index >= 15 is 0 Å². The number of nitrogens with one attached hydrogen (secondary N) is 1. The largest absolute Gasteiger partial charge is 0.345 e. The Bertz CT molecular complexity index is 1410. The smallest absolute Gasteiger partial charge is 0.110 e. The van der Waals surface area contributed by atoms with Crippen molar-refractivity contribution in [2.45, 2.75) is 18.5 Å². The topological polar surface area (TPSA) is 25.5 Å². The molecule has 5 heteroatoms. The molecule has 7 rings (SSSR count). The summed E-state index contributed by atoms with van der Waals surface area (Å²) in [5.41, 5.74) is 8.07. The Labute approximate surface area is 230 Å². The van der Waals surface area contributed by atoms with Gasteiger partial charge in [-0.25, -0.2) is 0 Å². The minimum absolute atomic E-state index is 0.313. The van der Waals surface area contributed by atoms with E-state index in [1.54, 1.807) is 0 Å². The molecule has 3 heterocycles. The second-order valence-electron chi connectivity index (χ2n) is 11.2. The summed E-state index contributed by atoms with van der Waals surface area (Å²) in [4.78, 5) is 11.3.